The van der Waals surface area contributed by atoms with Crippen LogP contribution in [0.15, 0.2) is 59.8 Å². The number of hydrogen-bond donors (Lipinski definition) is 1. The molecule has 8 nitrogen and oxygen atoms in total. The number of nitrogens with one attached hydrogen (secondary N) is 1. The van der Waals surface area contributed by atoms with Gasteiger partial charge in [0.15, 0.2) is 5.78 Å². The number of carbonyl (C=O) groups is 2. The Morgan fingerprint density at radius 1 is 1.14 bits per heavy atom. The Balaban J connectivity index is 1.60. The molecule has 0 aliphatic carbocycles. The van der Waals surface area contributed by atoms with Crippen LogP contribution in [0.1, 0.15) is 12.5 Å². The lowest BCUT2D eigenvalue weighted by Gasteiger charge is -2.16. The molecule has 1 amide bonds. The predicted octanol–water partition coefficient (Wildman–Crippen LogP) is 2.08. The molecule has 3 aromatic rings. The molecule has 1 atom stereocenters. The minimum absolute atomic E-state index is 0.0877. The number of methoxy groups -OCH3 is 1. The number of tetrazole rings is 1. The zero-order valence-corrected chi connectivity index (χ0v) is 16.9. The first-order valence-electron chi connectivity index (χ1n) is 8.96. The minimum Gasteiger partial charge on any atom is -0.497 e. The van der Waals surface area contributed by atoms with Crippen LogP contribution in [0.25, 0.3) is 5.69 Å². The summed E-state index contributed by atoms with van der Waals surface area (Å²) < 4.78 is 6.69. The van der Waals surface area contributed by atoms with Crippen molar-refractivity contribution in [2.75, 3.05) is 12.9 Å². The maximum Gasteiger partial charge on any atom is 0.231 e. The van der Waals surface area contributed by atoms with Gasteiger partial charge in [0.1, 0.15) is 5.75 Å². The molecule has 0 radical (unpaired) electrons. The Kier molecular flexibility index (Phi) is 6.96. The van der Waals surface area contributed by atoms with Crippen molar-refractivity contribution in [1.82, 2.24) is 25.5 Å². The van der Waals surface area contributed by atoms with Crippen LogP contribution in [0.2, 0.25) is 0 Å². The summed E-state index contributed by atoms with van der Waals surface area (Å²) in [4.78, 5) is 24.3. The molecule has 1 aromatic heterocycles. The zero-order valence-electron chi connectivity index (χ0n) is 16.1. The lowest BCUT2D eigenvalue weighted by atomic mass is 10.0. The lowest BCUT2D eigenvalue weighted by Crippen LogP contribution is -2.42. The SMILES string of the molecule is COc1ccc(-n2nnnc2SCC(=O)N[C@H](Cc2ccccc2)C(C)=O)cc1. The van der Waals surface area contributed by atoms with E-state index in [9.17, 15) is 9.59 Å². The van der Waals surface area contributed by atoms with Gasteiger partial charge in [-0.1, -0.05) is 42.1 Å². The molecule has 3 rings (SSSR count). The quantitative estimate of drug-likeness (QED) is 0.538. The average molecular weight is 411 g/mol. The maximum atomic E-state index is 12.4. The van der Waals surface area contributed by atoms with Crippen LogP contribution in [0, 0.1) is 0 Å². The van der Waals surface area contributed by atoms with Gasteiger partial charge in [0, 0.05) is 0 Å². The second-order valence-electron chi connectivity index (χ2n) is 6.28. The Hall–Kier alpha value is -3.20. The number of ketones is 1. The van der Waals surface area contributed by atoms with E-state index in [1.54, 1.807) is 23.9 Å². The highest BCUT2D eigenvalue weighted by Crippen LogP contribution is 2.20. The van der Waals surface area contributed by atoms with Crippen molar-refractivity contribution >= 4 is 23.5 Å². The molecule has 0 saturated heterocycles. The van der Waals surface area contributed by atoms with E-state index in [0.29, 0.717) is 11.6 Å². The second-order valence-corrected chi connectivity index (χ2v) is 7.22. The van der Waals surface area contributed by atoms with E-state index < -0.39 is 6.04 Å². The first-order valence-corrected chi connectivity index (χ1v) is 9.94. The van der Waals surface area contributed by atoms with E-state index in [2.05, 4.69) is 20.8 Å². The van der Waals surface area contributed by atoms with Gasteiger partial charge in [-0.25, -0.2) is 0 Å². The number of nitrogens with zero attached hydrogens (tertiary/aromatic N) is 4. The molecule has 29 heavy (non-hydrogen) atoms. The molecule has 0 spiro atoms. The number of ether oxygens (including phenoxy) is 1. The van der Waals surface area contributed by atoms with Gasteiger partial charge in [-0.15, -0.1) is 5.10 Å². The van der Waals surface area contributed by atoms with E-state index in [-0.39, 0.29) is 17.4 Å². The Labute approximate surface area is 172 Å². The molecule has 1 heterocycles. The van der Waals surface area contributed by atoms with Crippen molar-refractivity contribution in [3.05, 3.63) is 60.2 Å². The molecule has 0 aliphatic rings. The number of Topliss-reactive ketones (excluding diaryl/α,β-unsaturated/α-hetero) is 1. The van der Waals surface area contributed by atoms with Crippen molar-refractivity contribution in [1.29, 1.82) is 0 Å². The summed E-state index contributed by atoms with van der Waals surface area (Å²) in [6.45, 7) is 1.48. The molecule has 150 valence electrons. The van der Waals surface area contributed by atoms with Gasteiger partial charge >= 0.3 is 0 Å². The fourth-order valence-electron chi connectivity index (χ4n) is 2.67. The monoisotopic (exact) mass is 411 g/mol. The minimum atomic E-state index is -0.567. The van der Waals surface area contributed by atoms with Gasteiger partial charge in [0.2, 0.25) is 11.1 Å². The van der Waals surface area contributed by atoms with Crippen molar-refractivity contribution in [2.24, 2.45) is 0 Å². The fourth-order valence-corrected chi connectivity index (χ4v) is 3.37. The van der Waals surface area contributed by atoms with Crippen LogP contribution in [0.5, 0.6) is 5.75 Å². The van der Waals surface area contributed by atoms with E-state index in [1.165, 1.54) is 18.7 Å². The molecule has 0 aliphatic heterocycles. The van der Waals surface area contributed by atoms with Crippen LogP contribution in [-0.4, -0.2) is 50.8 Å². The summed E-state index contributed by atoms with van der Waals surface area (Å²) in [5, 5.41) is 14.9. The molecule has 1 N–H and O–H groups in total. The van der Waals surface area contributed by atoms with Crippen molar-refractivity contribution in [2.45, 2.75) is 24.5 Å². The molecule has 2 aromatic carbocycles. The molecule has 0 unspecified atom stereocenters. The van der Waals surface area contributed by atoms with E-state index in [1.807, 2.05) is 42.5 Å². The Morgan fingerprint density at radius 2 is 1.86 bits per heavy atom. The smallest absolute Gasteiger partial charge is 0.231 e. The molecular weight excluding hydrogens is 390 g/mol. The van der Waals surface area contributed by atoms with Crippen LogP contribution in [0.3, 0.4) is 0 Å². The first-order chi connectivity index (χ1) is 14.1. The van der Waals surface area contributed by atoms with Gasteiger partial charge in [0.25, 0.3) is 0 Å². The van der Waals surface area contributed by atoms with Gasteiger partial charge in [0.05, 0.1) is 24.6 Å². The number of aromatic nitrogens is 4. The number of benzene rings is 2. The highest BCUT2D eigenvalue weighted by atomic mass is 32.2. The predicted molar refractivity (Wildman–Crippen MR) is 109 cm³/mol. The highest BCUT2D eigenvalue weighted by molar-refractivity contribution is 7.99. The lowest BCUT2D eigenvalue weighted by molar-refractivity contribution is -0.125. The number of carbonyl (C=O) groups excluding carboxylic acids is 2. The standard InChI is InChI=1S/C20H21N5O3S/c1-14(26)18(12-15-6-4-3-5-7-15)21-19(27)13-29-20-22-23-24-25(20)16-8-10-17(28-2)11-9-16/h3-11,18H,12-13H2,1-2H3,(H,21,27)/t18-/m1/s1. The summed E-state index contributed by atoms with van der Waals surface area (Å²) in [5.74, 6) is 0.476. The molecule has 0 fully saturated rings. The molecule has 0 saturated carbocycles. The van der Waals surface area contributed by atoms with Crippen molar-refractivity contribution in [3.63, 3.8) is 0 Å². The third kappa shape index (κ3) is 5.64. The van der Waals surface area contributed by atoms with Crippen molar-refractivity contribution in [3.8, 4) is 11.4 Å². The largest absolute Gasteiger partial charge is 0.497 e. The van der Waals surface area contributed by atoms with Crippen LogP contribution in [0.4, 0.5) is 0 Å². The number of rotatable bonds is 9. The molecular formula is C20H21N5O3S. The van der Waals surface area contributed by atoms with E-state index >= 15 is 0 Å². The molecule has 0 bridgehead atoms. The van der Waals surface area contributed by atoms with Gasteiger partial charge in [-0.05, 0) is 53.6 Å². The number of hydrogen-bond acceptors (Lipinski definition) is 7. The number of thioether (sulfide) groups is 1. The van der Waals surface area contributed by atoms with Gasteiger partial charge in [-0.3, -0.25) is 9.59 Å². The third-order valence-corrected chi connectivity index (χ3v) is 5.12. The van der Waals surface area contributed by atoms with Crippen molar-refractivity contribution < 1.29 is 14.3 Å². The average Bonchev–Trinajstić information content (AvgIpc) is 3.21. The summed E-state index contributed by atoms with van der Waals surface area (Å²) in [6.07, 6.45) is 0.455. The highest BCUT2D eigenvalue weighted by Gasteiger charge is 2.19. The summed E-state index contributed by atoms with van der Waals surface area (Å²) >= 11 is 1.20. The Bertz CT molecular complexity index is 960. The van der Waals surface area contributed by atoms with E-state index in [0.717, 1.165) is 17.0 Å². The maximum absolute atomic E-state index is 12.4. The van der Waals surface area contributed by atoms with Gasteiger partial charge < -0.3 is 10.1 Å². The second kappa shape index (κ2) is 9.83. The zero-order chi connectivity index (χ0) is 20.6. The third-order valence-electron chi connectivity index (χ3n) is 4.20. The topological polar surface area (TPSA) is 99.0 Å². The van der Waals surface area contributed by atoms with E-state index in [4.69, 9.17) is 4.74 Å². The van der Waals surface area contributed by atoms with Gasteiger partial charge in [-0.2, -0.15) is 4.68 Å². The fraction of sp³-hybridized carbons (Fsp3) is 0.250. The summed E-state index contributed by atoms with van der Waals surface area (Å²) in [7, 11) is 1.60. The molecule has 9 heteroatoms. The van der Waals surface area contributed by atoms with Crippen LogP contribution in [-0.2, 0) is 16.0 Å². The Morgan fingerprint density at radius 3 is 2.52 bits per heavy atom. The normalized spacial score (nSPS) is 11.7. The number of amides is 1. The first kappa shape index (κ1) is 20.5. The summed E-state index contributed by atoms with van der Waals surface area (Å²) in [5.41, 5.74) is 1.74. The van der Waals surface area contributed by atoms with Crippen LogP contribution >= 0.6 is 11.8 Å². The van der Waals surface area contributed by atoms with Crippen LogP contribution < -0.4 is 10.1 Å². The summed E-state index contributed by atoms with van der Waals surface area (Å²) in [6, 6.07) is 16.3.